The summed E-state index contributed by atoms with van der Waals surface area (Å²) < 4.78 is 6.86. The van der Waals surface area contributed by atoms with Gasteiger partial charge in [0.15, 0.2) is 0 Å². The van der Waals surface area contributed by atoms with E-state index in [9.17, 15) is 4.79 Å². The molecule has 4 nitrogen and oxygen atoms in total. The van der Waals surface area contributed by atoms with Crippen LogP contribution in [0.4, 0.5) is 0 Å². The van der Waals surface area contributed by atoms with E-state index < -0.39 is 0 Å². The monoisotopic (exact) mass is 236 g/mol. The fourth-order valence-corrected chi connectivity index (χ4v) is 1.52. The Labute approximate surface area is 102 Å². The van der Waals surface area contributed by atoms with E-state index in [1.54, 1.807) is 6.20 Å². The Morgan fingerprint density at radius 3 is 3.00 bits per heavy atom. The highest BCUT2D eigenvalue weighted by Gasteiger charge is 1.93. The number of esters is 1. The Morgan fingerprint density at radius 2 is 2.29 bits per heavy atom. The third-order valence-corrected chi connectivity index (χ3v) is 2.39. The van der Waals surface area contributed by atoms with Gasteiger partial charge in [0.05, 0.1) is 12.9 Å². The molecule has 0 aliphatic carbocycles. The molecular formula is C13H20N2O2. The van der Waals surface area contributed by atoms with E-state index >= 15 is 0 Å². The first-order valence-electron chi connectivity index (χ1n) is 6.12. The summed E-state index contributed by atoms with van der Waals surface area (Å²) in [4.78, 5) is 15.0. The van der Waals surface area contributed by atoms with Crippen molar-refractivity contribution in [2.45, 2.75) is 39.2 Å². The number of ether oxygens (including phenoxy) is 1. The van der Waals surface area contributed by atoms with Crippen molar-refractivity contribution in [3.8, 4) is 0 Å². The molecule has 1 heterocycles. The van der Waals surface area contributed by atoms with Crippen LogP contribution in [0.2, 0.25) is 0 Å². The minimum Gasteiger partial charge on any atom is -0.463 e. The van der Waals surface area contributed by atoms with Gasteiger partial charge in [-0.1, -0.05) is 12.5 Å². The molecule has 0 fully saturated rings. The fraction of sp³-hybridized carbons (Fsp3) is 0.538. The van der Waals surface area contributed by atoms with Crippen molar-refractivity contribution in [1.29, 1.82) is 0 Å². The molecule has 0 saturated heterocycles. The van der Waals surface area contributed by atoms with E-state index in [4.69, 9.17) is 4.74 Å². The number of carbonyl (C=O) groups is 1. The maximum absolute atomic E-state index is 11.0. The van der Waals surface area contributed by atoms with Gasteiger partial charge in [0, 0.05) is 25.0 Å². The van der Waals surface area contributed by atoms with Gasteiger partial charge in [-0.15, -0.1) is 0 Å². The lowest BCUT2D eigenvalue weighted by Crippen LogP contribution is -1.98. The average Bonchev–Trinajstić information content (AvgIpc) is 2.81. The number of nitrogens with zero attached hydrogens (tertiary/aromatic N) is 2. The highest BCUT2D eigenvalue weighted by molar-refractivity contribution is 5.81. The van der Waals surface area contributed by atoms with Crippen LogP contribution in [0.1, 0.15) is 32.6 Å². The first kappa shape index (κ1) is 13.5. The van der Waals surface area contributed by atoms with Crippen molar-refractivity contribution in [2.24, 2.45) is 0 Å². The van der Waals surface area contributed by atoms with Crippen LogP contribution in [-0.4, -0.2) is 22.1 Å². The SMILES string of the molecule is CCOC(=O)C=CCCCCCn1ccnc1. The van der Waals surface area contributed by atoms with Gasteiger partial charge < -0.3 is 9.30 Å². The van der Waals surface area contributed by atoms with Crippen LogP contribution in [0, 0.1) is 0 Å². The molecule has 0 radical (unpaired) electrons. The predicted molar refractivity (Wildman–Crippen MR) is 66.5 cm³/mol. The van der Waals surface area contributed by atoms with E-state index in [0.717, 1.165) is 32.2 Å². The molecule has 0 amide bonds. The molecule has 0 saturated carbocycles. The van der Waals surface area contributed by atoms with Crippen molar-refractivity contribution in [3.63, 3.8) is 0 Å². The number of aromatic nitrogens is 2. The highest BCUT2D eigenvalue weighted by Crippen LogP contribution is 2.03. The quantitative estimate of drug-likeness (QED) is 0.396. The third kappa shape index (κ3) is 6.56. The second-order valence-electron chi connectivity index (χ2n) is 3.80. The molecule has 17 heavy (non-hydrogen) atoms. The van der Waals surface area contributed by atoms with E-state index in [1.807, 2.05) is 25.5 Å². The van der Waals surface area contributed by atoms with Crippen LogP contribution in [0.25, 0.3) is 0 Å². The minimum absolute atomic E-state index is 0.245. The van der Waals surface area contributed by atoms with Crippen molar-refractivity contribution < 1.29 is 9.53 Å². The summed E-state index contributed by atoms with van der Waals surface area (Å²) in [5, 5.41) is 0. The molecule has 0 atom stereocenters. The van der Waals surface area contributed by atoms with Crippen LogP contribution in [0.15, 0.2) is 30.9 Å². The lowest BCUT2D eigenvalue weighted by atomic mass is 10.2. The van der Waals surface area contributed by atoms with Crippen LogP contribution in [0.5, 0.6) is 0 Å². The smallest absolute Gasteiger partial charge is 0.330 e. The second kappa shape index (κ2) is 8.56. The summed E-state index contributed by atoms with van der Waals surface area (Å²) in [6.07, 6.45) is 13.3. The first-order chi connectivity index (χ1) is 8.33. The molecule has 0 N–H and O–H groups in total. The van der Waals surface area contributed by atoms with Crippen LogP contribution >= 0.6 is 0 Å². The summed E-state index contributed by atoms with van der Waals surface area (Å²) in [5.74, 6) is -0.245. The summed E-state index contributed by atoms with van der Waals surface area (Å²) in [7, 11) is 0. The molecule has 0 aromatic carbocycles. The van der Waals surface area contributed by atoms with E-state index in [0.29, 0.717) is 6.61 Å². The van der Waals surface area contributed by atoms with E-state index in [1.165, 1.54) is 6.08 Å². The van der Waals surface area contributed by atoms with E-state index in [2.05, 4.69) is 9.55 Å². The van der Waals surface area contributed by atoms with Gasteiger partial charge in [0.2, 0.25) is 0 Å². The average molecular weight is 236 g/mol. The molecule has 1 aromatic rings. The van der Waals surface area contributed by atoms with Crippen molar-refractivity contribution >= 4 is 5.97 Å². The van der Waals surface area contributed by atoms with Crippen molar-refractivity contribution in [1.82, 2.24) is 9.55 Å². The number of rotatable bonds is 8. The molecule has 4 heteroatoms. The van der Waals surface area contributed by atoms with Gasteiger partial charge in [-0.05, 0) is 26.2 Å². The highest BCUT2D eigenvalue weighted by atomic mass is 16.5. The van der Waals surface area contributed by atoms with Gasteiger partial charge in [0.1, 0.15) is 0 Å². The molecule has 94 valence electrons. The lowest BCUT2D eigenvalue weighted by molar-refractivity contribution is -0.137. The summed E-state index contributed by atoms with van der Waals surface area (Å²) >= 11 is 0. The normalized spacial score (nSPS) is 10.9. The number of hydrogen-bond acceptors (Lipinski definition) is 3. The zero-order chi connectivity index (χ0) is 12.3. The topological polar surface area (TPSA) is 44.1 Å². The zero-order valence-corrected chi connectivity index (χ0v) is 10.3. The zero-order valence-electron chi connectivity index (χ0n) is 10.3. The van der Waals surface area contributed by atoms with E-state index in [-0.39, 0.29) is 5.97 Å². The number of aryl methyl sites for hydroxylation is 1. The number of imidazole rings is 1. The van der Waals surface area contributed by atoms with Crippen LogP contribution in [0.3, 0.4) is 0 Å². The molecule has 0 aliphatic rings. The Morgan fingerprint density at radius 1 is 1.41 bits per heavy atom. The maximum Gasteiger partial charge on any atom is 0.330 e. The number of unbranched alkanes of at least 4 members (excludes halogenated alkanes) is 3. The Hall–Kier alpha value is -1.58. The second-order valence-corrected chi connectivity index (χ2v) is 3.80. The fourth-order valence-electron chi connectivity index (χ4n) is 1.52. The Balaban J connectivity index is 1.96. The molecule has 0 bridgehead atoms. The Bertz CT molecular complexity index is 331. The van der Waals surface area contributed by atoms with Crippen molar-refractivity contribution in [2.75, 3.05) is 6.61 Å². The molecule has 0 spiro atoms. The third-order valence-electron chi connectivity index (χ3n) is 2.39. The molecule has 0 aliphatic heterocycles. The first-order valence-corrected chi connectivity index (χ1v) is 6.12. The van der Waals surface area contributed by atoms with Crippen LogP contribution in [-0.2, 0) is 16.1 Å². The molecule has 1 rings (SSSR count). The minimum atomic E-state index is -0.245. The predicted octanol–water partition coefficient (Wildman–Crippen LogP) is 2.56. The van der Waals surface area contributed by atoms with Crippen molar-refractivity contribution in [3.05, 3.63) is 30.9 Å². The van der Waals surface area contributed by atoms with Crippen LogP contribution < -0.4 is 0 Å². The maximum atomic E-state index is 11.0. The van der Waals surface area contributed by atoms with Gasteiger partial charge in [-0.2, -0.15) is 0 Å². The standard InChI is InChI=1S/C13H20N2O2/c1-2-17-13(16)8-6-4-3-5-7-10-15-11-9-14-12-15/h6,8-9,11-12H,2-5,7,10H2,1H3. The van der Waals surface area contributed by atoms with Gasteiger partial charge in [-0.25, -0.2) is 9.78 Å². The number of hydrogen-bond donors (Lipinski definition) is 0. The summed E-state index contributed by atoms with van der Waals surface area (Å²) in [5.41, 5.74) is 0. The largest absolute Gasteiger partial charge is 0.463 e. The number of carbonyl (C=O) groups excluding carboxylic acids is 1. The molecular weight excluding hydrogens is 216 g/mol. The van der Waals surface area contributed by atoms with Gasteiger partial charge in [-0.3, -0.25) is 0 Å². The number of allylic oxidation sites excluding steroid dienone is 1. The molecule has 1 aromatic heterocycles. The summed E-state index contributed by atoms with van der Waals surface area (Å²) in [6.45, 7) is 3.26. The molecule has 0 unspecified atom stereocenters. The summed E-state index contributed by atoms with van der Waals surface area (Å²) in [6, 6.07) is 0. The Kier molecular flexibility index (Phi) is 6.79. The lowest BCUT2D eigenvalue weighted by Gasteiger charge is -2.00. The van der Waals surface area contributed by atoms with Gasteiger partial charge >= 0.3 is 5.97 Å². The van der Waals surface area contributed by atoms with Gasteiger partial charge in [0.25, 0.3) is 0 Å².